The fourth-order valence-electron chi connectivity index (χ4n) is 10.4. The number of azide groups is 1. The van der Waals surface area contributed by atoms with Crippen molar-refractivity contribution in [1.82, 2.24) is 36.0 Å². The molecule has 8 amide bonds. The van der Waals surface area contributed by atoms with Crippen LogP contribution in [0.15, 0.2) is 59.7 Å². The monoisotopic (exact) mass is 1150 g/mol. The van der Waals surface area contributed by atoms with Gasteiger partial charge in [0.05, 0.1) is 48.8 Å². The fraction of sp³-hybridized carbons (Fsp3) is 0.655. The Morgan fingerprint density at radius 1 is 0.793 bits per heavy atom. The number of nitrogens with one attached hydrogen (secondary N) is 5. The molecular formula is C58H92N12O12. The van der Waals surface area contributed by atoms with E-state index in [2.05, 4.69) is 36.6 Å². The number of carbonyl (C=O) groups is 8. The number of aliphatic hydroxyl groups is 1. The minimum Gasteiger partial charge on any atom is -0.445 e. The zero-order valence-corrected chi connectivity index (χ0v) is 50.4. The van der Waals surface area contributed by atoms with Crippen molar-refractivity contribution in [2.45, 2.75) is 169 Å². The largest absolute Gasteiger partial charge is 0.445 e. The lowest BCUT2D eigenvalue weighted by atomic mass is 9.89. The summed E-state index contributed by atoms with van der Waals surface area (Å²) in [4.78, 5) is 116. The van der Waals surface area contributed by atoms with E-state index in [-0.39, 0.29) is 49.6 Å². The first-order valence-electron chi connectivity index (χ1n) is 28.3. The summed E-state index contributed by atoms with van der Waals surface area (Å²) >= 11 is 0. The summed E-state index contributed by atoms with van der Waals surface area (Å²) in [5.74, 6) is -5.42. The zero-order valence-electron chi connectivity index (χ0n) is 50.4. The van der Waals surface area contributed by atoms with E-state index < -0.39 is 121 Å². The van der Waals surface area contributed by atoms with Crippen molar-refractivity contribution in [2.24, 2.45) is 40.4 Å². The number of carbonyl (C=O) groups excluding carboxylic acids is 8. The van der Waals surface area contributed by atoms with E-state index in [1.165, 1.54) is 26.2 Å². The lowest BCUT2D eigenvalue weighted by Gasteiger charge is -2.41. The molecule has 2 aromatic carbocycles. The van der Waals surface area contributed by atoms with Crippen LogP contribution in [0.25, 0.3) is 10.4 Å². The van der Waals surface area contributed by atoms with E-state index in [9.17, 15) is 43.5 Å². The first-order valence-corrected chi connectivity index (χ1v) is 28.3. The number of hydrogen-bond donors (Lipinski definition) is 7. The van der Waals surface area contributed by atoms with Gasteiger partial charge in [0.1, 0.15) is 37.3 Å². The Balaban J connectivity index is 1.69. The summed E-state index contributed by atoms with van der Waals surface area (Å²) in [6.07, 6.45) is -1.24. The molecule has 24 nitrogen and oxygen atoms in total. The summed E-state index contributed by atoms with van der Waals surface area (Å²) in [6, 6.07) is 9.66. The first-order chi connectivity index (χ1) is 38.8. The van der Waals surface area contributed by atoms with Gasteiger partial charge >= 0.3 is 6.09 Å². The molecule has 0 bridgehead atoms. The number of benzene rings is 2. The SMILES string of the molecule is CC[C@H](C)[C@@H]([C@@H](CC(=O)N1CCC[C@H]1[C@H](OC)[C@@H](C)C(=O)N[C@H](C)[C@@H](O)c1ccccc1)OC)N(C)C(=O)[C@@H](NC(=O)[C@H](C(C)C)N(C)C(=O)OCc1ccc(NC(=O)[C@H](CCN)NC(=O)[C@@H](NC(=O)CN=[N+]=[N-])C(C)C)cc1)C(C)C. The van der Waals surface area contributed by atoms with Crippen LogP contribution < -0.4 is 32.3 Å². The normalized spacial score (nSPS) is 17.3. The molecule has 1 aliphatic heterocycles. The van der Waals surface area contributed by atoms with Gasteiger partial charge in [-0.2, -0.15) is 0 Å². The maximum Gasteiger partial charge on any atom is 0.410 e. The number of anilines is 1. The molecule has 0 aliphatic carbocycles. The van der Waals surface area contributed by atoms with E-state index >= 15 is 0 Å². The average Bonchev–Trinajstić information content (AvgIpc) is 3.97. The Labute approximate surface area is 483 Å². The van der Waals surface area contributed by atoms with Gasteiger partial charge in [0.25, 0.3) is 0 Å². The summed E-state index contributed by atoms with van der Waals surface area (Å²) in [6.45, 7) is 17.8. The summed E-state index contributed by atoms with van der Waals surface area (Å²) < 4.78 is 17.7. The quantitative estimate of drug-likeness (QED) is 0.0294. The number of ether oxygens (including phenoxy) is 3. The molecule has 82 heavy (non-hydrogen) atoms. The van der Waals surface area contributed by atoms with Crippen molar-refractivity contribution in [2.75, 3.05) is 53.3 Å². The molecule has 1 fully saturated rings. The van der Waals surface area contributed by atoms with E-state index in [4.69, 9.17) is 25.5 Å². The smallest absolute Gasteiger partial charge is 0.410 e. The van der Waals surface area contributed by atoms with Gasteiger partial charge in [-0.15, -0.1) is 0 Å². The average molecular weight is 1150 g/mol. The van der Waals surface area contributed by atoms with Crippen molar-refractivity contribution in [3.05, 3.63) is 76.2 Å². The number of hydrogen-bond acceptors (Lipinski definition) is 14. The molecule has 0 spiro atoms. The molecule has 12 atom stereocenters. The lowest BCUT2D eigenvalue weighted by molar-refractivity contribution is -0.148. The third-order valence-corrected chi connectivity index (χ3v) is 15.3. The zero-order chi connectivity index (χ0) is 61.5. The van der Waals surface area contributed by atoms with Crippen LogP contribution in [0.3, 0.4) is 0 Å². The second-order valence-corrected chi connectivity index (χ2v) is 22.3. The third kappa shape index (κ3) is 19.7. The maximum absolute atomic E-state index is 14.7. The molecule has 0 saturated carbocycles. The standard InChI is InChI=1S/C58H92N12O12/c1-15-36(8)50(44(80-13)30-46(72)70-29-19-22-43(70)52(81-14)37(9)53(74)62-38(10)51(73)40-20-17-16-18-21-40)68(11)57(78)48(34(4)5)66-56(77)49(35(6)7)69(12)58(79)82-32-39-23-25-41(26-24-39)63-54(75)42(27-28-59)64-55(76)47(33(2)3)65-45(71)31-61-67-60/h16-18,20-21,23-26,33-38,42-44,47-52,73H,15,19,22,27-32,59H2,1-14H3,(H,62,74)(H,63,75)(H,64,76)(H,65,71)(H,66,77)/t36-,37+,38+,42-,43-,44+,47-,48-,49-,50-,51+,52+/m0/s1. The van der Waals surface area contributed by atoms with Crippen molar-refractivity contribution in [3.63, 3.8) is 0 Å². The van der Waals surface area contributed by atoms with Gasteiger partial charge in [0.2, 0.25) is 41.4 Å². The molecule has 1 saturated heterocycles. The van der Waals surface area contributed by atoms with E-state index in [1.807, 2.05) is 32.0 Å². The minimum atomic E-state index is -1.06. The summed E-state index contributed by atoms with van der Waals surface area (Å²) in [7, 11) is 6.10. The van der Waals surface area contributed by atoms with Crippen molar-refractivity contribution < 1.29 is 57.7 Å². The Bertz CT molecular complexity index is 2460. The van der Waals surface area contributed by atoms with Crippen LogP contribution in [0, 0.1) is 29.6 Å². The molecule has 24 heteroatoms. The van der Waals surface area contributed by atoms with E-state index in [0.717, 1.165) is 0 Å². The van der Waals surface area contributed by atoms with E-state index in [0.29, 0.717) is 42.6 Å². The number of amides is 8. The fourth-order valence-corrected chi connectivity index (χ4v) is 10.4. The molecule has 0 unspecified atom stereocenters. The molecule has 1 heterocycles. The maximum atomic E-state index is 14.7. The van der Waals surface area contributed by atoms with Gasteiger partial charge in [-0.05, 0) is 85.2 Å². The predicted octanol–water partition coefficient (Wildman–Crippen LogP) is 4.80. The topological polar surface area (TPSA) is 329 Å². The van der Waals surface area contributed by atoms with Gasteiger partial charge < -0.3 is 61.4 Å². The molecule has 1 aliphatic rings. The van der Waals surface area contributed by atoms with Crippen molar-refractivity contribution >= 4 is 53.1 Å². The van der Waals surface area contributed by atoms with Crippen LogP contribution >= 0.6 is 0 Å². The molecule has 8 N–H and O–H groups in total. The minimum absolute atomic E-state index is 0.0623. The molecule has 2 aromatic rings. The number of likely N-dealkylation sites (tertiary alicyclic amines) is 1. The van der Waals surface area contributed by atoms with Crippen LogP contribution in [0.2, 0.25) is 0 Å². The number of aliphatic hydroxyl groups excluding tert-OH is 1. The molecule has 456 valence electrons. The van der Waals surface area contributed by atoms with Crippen molar-refractivity contribution in [1.29, 1.82) is 0 Å². The van der Waals surface area contributed by atoms with Crippen molar-refractivity contribution in [3.8, 4) is 0 Å². The highest BCUT2D eigenvalue weighted by Crippen LogP contribution is 2.30. The third-order valence-electron chi connectivity index (χ3n) is 15.3. The summed E-state index contributed by atoms with van der Waals surface area (Å²) in [5.41, 5.74) is 15.9. The predicted molar refractivity (Wildman–Crippen MR) is 310 cm³/mol. The van der Waals surface area contributed by atoms with Gasteiger partial charge in [-0.3, -0.25) is 38.5 Å². The number of likely N-dealkylation sites (N-methyl/N-ethyl adjacent to an activating group) is 2. The Kier molecular flexibility index (Phi) is 28.7. The van der Waals surface area contributed by atoms with Crippen LogP contribution in [0.1, 0.15) is 119 Å². The highest BCUT2D eigenvalue weighted by molar-refractivity contribution is 5.98. The first kappa shape index (κ1) is 69.4. The van der Waals surface area contributed by atoms with Gasteiger partial charge in [0, 0.05) is 45.5 Å². The summed E-state index contributed by atoms with van der Waals surface area (Å²) in [5, 5.41) is 27.9. The van der Waals surface area contributed by atoms with Gasteiger partial charge in [0.15, 0.2) is 0 Å². The Morgan fingerprint density at radius 3 is 1.98 bits per heavy atom. The van der Waals surface area contributed by atoms with Crippen LogP contribution in [-0.2, 0) is 54.4 Å². The second kappa shape index (κ2) is 33.9. The number of methoxy groups -OCH3 is 2. The van der Waals surface area contributed by atoms with Crippen LogP contribution in [0.5, 0.6) is 0 Å². The molecular weight excluding hydrogens is 1060 g/mol. The highest BCUT2D eigenvalue weighted by Gasteiger charge is 2.44. The van der Waals surface area contributed by atoms with Crippen LogP contribution in [0.4, 0.5) is 10.5 Å². The Morgan fingerprint density at radius 2 is 1.43 bits per heavy atom. The molecule has 0 aromatic heterocycles. The number of nitrogens with two attached hydrogens (primary N) is 1. The van der Waals surface area contributed by atoms with Gasteiger partial charge in [-0.25, -0.2) is 4.79 Å². The number of rotatable bonds is 32. The Hall–Kier alpha value is -6.85. The van der Waals surface area contributed by atoms with Gasteiger partial charge in [-0.1, -0.05) is 116 Å². The molecule has 0 radical (unpaired) electrons. The van der Waals surface area contributed by atoms with Crippen LogP contribution in [-0.4, -0.2) is 170 Å². The second-order valence-electron chi connectivity index (χ2n) is 22.3. The number of nitrogens with zero attached hydrogens (tertiary/aromatic N) is 6. The lowest BCUT2D eigenvalue weighted by Crippen LogP contribution is -2.60. The van der Waals surface area contributed by atoms with E-state index in [1.54, 1.807) is 109 Å². The highest BCUT2D eigenvalue weighted by atomic mass is 16.6. The molecule has 3 rings (SSSR count).